The van der Waals surface area contributed by atoms with E-state index >= 15 is 0 Å². The third kappa shape index (κ3) is 5.54. The Hall–Kier alpha value is -1.54. The Kier molecular flexibility index (Phi) is 6.64. The summed E-state index contributed by atoms with van der Waals surface area (Å²) in [5, 5.41) is 0. The summed E-state index contributed by atoms with van der Waals surface area (Å²) in [6.45, 7) is 8.41. The Balaban J connectivity index is 3.12. The lowest BCUT2D eigenvalue weighted by Crippen LogP contribution is -2.41. The van der Waals surface area contributed by atoms with Gasteiger partial charge in [0, 0.05) is 6.42 Å². The Morgan fingerprint density at radius 3 is 2.09 bits per heavy atom. The highest BCUT2D eigenvalue weighted by Gasteiger charge is 2.47. The molecule has 0 aliphatic heterocycles. The lowest BCUT2D eigenvalue weighted by molar-refractivity contribution is -0.168. The number of ether oxygens (including phenoxy) is 2. The second-order valence-electron chi connectivity index (χ2n) is 7.22. The summed E-state index contributed by atoms with van der Waals surface area (Å²) in [5.74, 6) is 2.49. The summed E-state index contributed by atoms with van der Waals surface area (Å²) in [7, 11) is 1.01. The van der Waals surface area contributed by atoms with E-state index in [0.29, 0.717) is 5.92 Å². The van der Waals surface area contributed by atoms with Gasteiger partial charge in [-0.25, -0.2) is 0 Å². The molecule has 1 fully saturated rings. The summed E-state index contributed by atoms with van der Waals surface area (Å²) in [6, 6.07) is 0. The van der Waals surface area contributed by atoms with Crippen LogP contribution in [0, 0.1) is 22.8 Å². The van der Waals surface area contributed by atoms with Crippen LogP contribution in [-0.4, -0.2) is 34.2 Å². The van der Waals surface area contributed by atoms with Crippen molar-refractivity contribution in [3.63, 3.8) is 0 Å². The molecule has 1 aliphatic carbocycles. The fraction of sp³-hybridized carbons (Fsp3) is 0.667. The fourth-order valence-corrected chi connectivity index (χ4v) is 2.98. The quantitative estimate of drug-likeness (QED) is 0.245. The van der Waals surface area contributed by atoms with Crippen molar-refractivity contribution in [3.05, 3.63) is 11.6 Å². The van der Waals surface area contributed by atoms with Gasteiger partial charge < -0.3 is 9.47 Å². The van der Waals surface area contributed by atoms with Gasteiger partial charge in [-0.05, 0) is 32.1 Å². The minimum atomic E-state index is -1.58. The molecule has 0 atom stereocenters. The summed E-state index contributed by atoms with van der Waals surface area (Å²) in [5.41, 5.74) is 3.06. The highest BCUT2D eigenvalue weighted by Crippen LogP contribution is 2.38. The van der Waals surface area contributed by atoms with Crippen LogP contribution in [0.3, 0.4) is 0 Å². The van der Waals surface area contributed by atoms with Crippen LogP contribution in [0.4, 0.5) is 0 Å². The number of carbonyl (C=O) groups is 2. The highest BCUT2D eigenvalue weighted by atomic mass is 28.3. The third-order valence-electron chi connectivity index (χ3n) is 4.00. The first-order valence-electron chi connectivity index (χ1n) is 8.00. The van der Waals surface area contributed by atoms with E-state index < -0.39 is 25.4 Å². The molecule has 0 aromatic rings. The van der Waals surface area contributed by atoms with E-state index in [1.165, 1.54) is 32.6 Å². The lowest BCUT2D eigenvalue weighted by atomic mass is 9.80. The predicted octanol–water partition coefficient (Wildman–Crippen LogP) is 3.34. The zero-order chi connectivity index (χ0) is 17.7. The molecule has 0 aromatic heterocycles. The van der Waals surface area contributed by atoms with E-state index in [1.807, 2.05) is 13.0 Å². The van der Waals surface area contributed by atoms with Gasteiger partial charge in [-0.2, -0.15) is 0 Å². The average Bonchev–Trinajstić information content (AvgIpc) is 3.32. The maximum Gasteiger partial charge on any atom is 0.324 e. The molecule has 128 valence electrons. The number of esters is 2. The van der Waals surface area contributed by atoms with Gasteiger partial charge in [0.15, 0.2) is 5.41 Å². The summed E-state index contributed by atoms with van der Waals surface area (Å²) < 4.78 is 9.81. The Morgan fingerprint density at radius 1 is 1.17 bits per heavy atom. The summed E-state index contributed by atoms with van der Waals surface area (Å²) in [4.78, 5) is 24.8. The van der Waals surface area contributed by atoms with Crippen LogP contribution < -0.4 is 0 Å². The van der Waals surface area contributed by atoms with E-state index in [4.69, 9.17) is 9.47 Å². The van der Waals surface area contributed by atoms with Gasteiger partial charge in [0.05, 0.1) is 14.2 Å². The van der Waals surface area contributed by atoms with Crippen LogP contribution in [-0.2, 0) is 19.1 Å². The molecule has 4 nitrogen and oxygen atoms in total. The molecule has 5 heteroatoms. The van der Waals surface area contributed by atoms with Gasteiger partial charge in [-0.3, -0.25) is 9.59 Å². The van der Waals surface area contributed by atoms with Gasteiger partial charge >= 0.3 is 11.9 Å². The molecule has 0 heterocycles. The number of rotatable bonds is 6. The first-order valence-corrected chi connectivity index (χ1v) is 11.5. The smallest absolute Gasteiger partial charge is 0.324 e. The Labute approximate surface area is 140 Å². The molecule has 23 heavy (non-hydrogen) atoms. The molecule has 0 N–H and O–H groups in total. The minimum Gasteiger partial charge on any atom is -0.468 e. The third-order valence-corrected chi connectivity index (χ3v) is 4.93. The summed E-state index contributed by atoms with van der Waals surface area (Å²) in [6.07, 6.45) is 4.74. The van der Waals surface area contributed by atoms with Crippen LogP contribution in [0.25, 0.3) is 0 Å². The van der Waals surface area contributed by atoms with Crippen LogP contribution in [0.2, 0.25) is 19.6 Å². The number of hydrogen-bond donors (Lipinski definition) is 0. The van der Waals surface area contributed by atoms with Gasteiger partial charge in [-0.15, -0.1) is 11.5 Å². The summed E-state index contributed by atoms with van der Waals surface area (Å²) >= 11 is 0. The topological polar surface area (TPSA) is 52.6 Å². The molecule has 0 amide bonds. The Bertz CT molecular complexity index is 526. The zero-order valence-electron chi connectivity index (χ0n) is 15.1. The normalized spacial score (nSPS) is 15.5. The molecular weight excluding hydrogens is 308 g/mol. The SMILES string of the molecule is COC(=O)C(CC#C[Si](C)(C)C)(C/C=C(\C)C1CC1)C(=O)OC. The first kappa shape index (κ1) is 19.5. The predicted molar refractivity (Wildman–Crippen MR) is 93.3 cm³/mol. The van der Waals surface area contributed by atoms with E-state index in [0.717, 1.165) is 0 Å². The number of hydrogen-bond acceptors (Lipinski definition) is 4. The van der Waals surface area contributed by atoms with Crippen LogP contribution in [0.1, 0.15) is 32.6 Å². The van der Waals surface area contributed by atoms with Crippen LogP contribution in [0.15, 0.2) is 11.6 Å². The first-order chi connectivity index (χ1) is 10.7. The monoisotopic (exact) mass is 336 g/mol. The number of allylic oxidation sites excluding steroid dienone is 2. The van der Waals surface area contributed by atoms with E-state index in [2.05, 4.69) is 31.1 Å². The van der Waals surface area contributed by atoms with Crippen molar-refractivity contribution >= 4 is 20.0 Å². The maximum atomic E-state index is 12.4. The standard InChI is InChI=1S/C18H28O4Si/c1-14(15-8-9-15)10-12-18(16(19)21-2,17(20)22-3)11-7-13-23(4,5)6/h10,15H,8-9,11-12H2,1-6H3/b14-10+. The Morgan fingerprint density at radius 2 is 1.70 bits per heavy atom. The van der Waals surface area contributed by atoms with Crippen LogP contribution in [0.5, 0.6) is 0 Å². The van der Waals surface area contributed by atoms with Gasteiger partial charge in [0.2, 0.25) is 0 Å². The van der Waals surface area contributed by atoms with E-state index in [1.54, 1.807) is 0 Å². The van der Waals surface area contributed by atoms with Gasteiger partial charge in [0.25, 0.3) is 0 Å². The zero-order valence-corrected chi connectivity index (χ0v) is 16.1. The van der Waals surface area contributed by atoms with E-state index in [9.17, 15) is 9.59 Å². The second-order valence-corrected chi connectivity index (χ2v) is 12.0. The average molecular weight is 337 g/mol. The fourth-order valence-electron chi connectivity index (χ4n) is 2.36. The molecule has 0 aromatic carbocycles. The molecule has 0 unspecified atom stereocenters. The van der Waals surface area contributed by atoms with Crippen molar-refractivity contribution in [1.82, 2.24) is 0 Å². The number of methoxy groups -OCH3 is 2. The van der Waals surface area contributed by atoms with Crippen molar-refractivity contribution in [1.29, 1.82) is 0 Å². The van der Waals surface area contributed by atoms with Crippen molar-refractivity contribution in [2.75, 3.05) is 14.2 Å². The van der Waals surface area contributed by atoms with Crippen molar-refractivity contribution < 1.29 is 19.1 Å². The van der Waals surface area contributed by atoms with Crippen molar-refractivity contribution in [2.45, 2.75) is 52.2 Å². The van der Waals surface area contributed by atoms with Gasteiger partial charge in [0.1, 0.15) is 8.07 Å². The molecule has 0 spiro atoms. The van der Waals surface area contributed by atoms with Crippen molar-refractivity contribution in [2.24, 2.45) is 11.3 Å². The minimum absolute atomic E-state index is 0.130. The molecule has 1 rings (SSSR count). The molecule has 0 radical (unpaired) electrons. The molecule has 1 saturated carbocycles. The van der Waals surface area contributed by atoms with Crippen molar-refractivity contribution in [3.8, 4) is 11.5 Å². The van der Waals surface area contributed by atoms with Crippen LogP contribution >= 0.6 is 0 Å². The second kappa shape index (κ2) is 7.83. The maximum absolute atomic E-state index is 12.4. The highest BCUT2D eigenvalue weighted by molar-refractivity contribution is 6.83. The number of carbonyl (C=O) groups excluding carboxylic acids is 2. The van der Waals surface area contributed by atoms with E-state index in [-0.39, 0.29) is 12.8 Å². The molecule has 0 bridgehead atoms. The largest absolute Gasteiger partial charge is 0.468 e. The molecular formula is C18H28O4Si. The van der Waals surface area contributed by atoms with Gasteiger partial charge in [-0.1, -0.05) is 31.3 Å². The molecule has 1 aliphatic rings. The lowest BCUT2D eigenvalue weighted by Gasteiger charge is -2.25. The molecule has 0 saturated heterocycles.